The zero-order chi connectivity index (χ0) is 13.1. The number of nitrogens with zero attached hydrogens (tertiary/aromatic N) is 3. The number of nitrogens with one attached hydrogen (secondary N) is 1. The average molecular weight is 264 g/mol. The van der Waals surface area contributed by atoms with Gasteiger partial charge in [-0.05, 0) is 13.0 Å². The third-order valence-corrected chi connectivity index (χ3v) is 4.32. The zero-order valence-electron chi connectivity index (χ0n) is 11.8. The van der Waals surface area contributed by atoms with Gasteiger partial charge in [0, 0.05) is 50.6 Å². The van der Waals surface area contributed by atoms with E-state index in [1.165, 1.54) is 12.2 Å². The molecule has 3 heterocycles. The highest BCUT2D eigenvalue weighted by Crippen LogP contribution is 2.30. The highest BCUT2D eigenvalue weighted by atomic mass is 16.5. The molecule has 106 valence electrons. The molecule has 0 radical (unpaired) electrons. The standard InChI is InChI=1S/C14H24N4O/c1-2-15-10-14(3-8-19-12-14)11-17-6-7-18-5-4-16-13(18)9-17/h4-5,15H,2-3,6-12H2,1H3. The molecule has 0 bridgehead atoms. The second-order valence-electron chi connectivity index (χ2n) is 5.83. The van der Waals surface area contributed by atoms with Crippen LogP contribution in [0.5, 0.6) is 0 Å². The molecule has 1 unspecified atom stereocenters. The quantitative estimate of drug-likeness (QED) is 0.851. The minimum absolute atomic E-state index is 0.296. The molecule has 1 saturated heterocycles. The van der Waals surface area contributed by atoms with Gasteiger partial charge >= 0.3 is 0 Å². The van der Waals surface area contributed by atoms with Crippen molar-refractivity contribution in [3.8, 4) is 0 Å². The number of hydrogen-bond donors (Lipinski definition) is 1. The summed E-state index contributed by atoms with van der Waals surface area (Å²) in [6.07, 6.45) is 5.16. The fourth-order valence-electron chi connectivity index (χ4n) is 3.19. The van der Waals surface area contributed by atoms with E-state index >= 15 is 0 Å². The van der Waals surface area contributed by atoms with Crippen LogP contribution in [0.3, 0.4) is 0 Å². The zero-order valence-corrected chi connectivity index (χ0v) is 11.8. The van der Waals surface area contributed by atoms with Crippen molar-refractivity contribution in [2.45, 2.75) is 26.4 Å². The number of hydrogen-bond acceptors (Lipinski definition) is 4. The minimum Gasteiger partial charge on any atom is -0.381 e. The van der Waals surface area contributed by atoms with E-state index in [0.717, 1.165) is 52.5 Å². The van der Waals surface area contributed by atoms with Gasteiger partial charge in [-0.15, -0.1) is 0 Å². The Bertz CT molecular complexity index is 411. The molecule has 3 rings (SSSR count). The smallest absolute Gasteiger partial charge is 0.122 e. The van der Waals surface area contributed by atoms with Gasteiger partial charge in [0.15, 0.2) is 0 Å². The summed E-state index contributed by atoms with van der Waals surface area (Å²) in [5.41, 5.74) is 0.296. The van der Waals surface area contributed by atoms with Gasteiger partial charge in [-0.25, -0.2) is 4.98 Å². The molecule has 19 heavy (non-hydrogen) atoms. The third kappa shape index (κ3) is 2.83. The van der Waals surface area contributed by atoms with Crippen molar-refractivity contribution in [3.63, 3.8) is 0 Å². The maximum Gasteiger partial charge on any atom is 0.122 e. The lowest BCUT2D eigenvalue weighted by Gasteiger charge is -2.36. The molecule has 1 aromatic rings. The van der Waals surface area contributed by atoms with Crippen molar-refractivity contribution >= 4 is 0 Å². The Hall–Kier alpha value is -0.910. The first-order valence-corrected chi connectivity index (χ1v) is 7.32. The van der Waals surface area contributed by atoms with Crippen LogP contribution in [0.4, 0.5) is 0 Å². The van der Waals surface area contributed by atoms with Gasteiger partial charge < -0.3 is 14.6 Å². The topological polar surface area (TPSA) is 42.3 Å². The van der Waals surface area contributed by atoms with Gasteiger partial charge in [0.1, 0.15) is 5.82 Å². The lowest BCUT2D eigenvalue weighted by atomic mass is 9.86. The SMILES string of the molecule is CCNCC1(CN2CCn3ccnc3C2)CCOC1. The van der Waals surface area contributed by atoms with Crippen LogP contribution in [0.1, 0.15) is 19.2 Å². The maximum absolute atomic E-state index is 5.67. The first-order valence-electron chi connectivity index (χ1n) is 7.32. The lowest BCUT2D eigenvalue weighted by molar-refractivity contribution is 0.0938. The predicted molar refractivity (Wildman–Crippen MR) is 73.9 cm³/mol. The van der Waals surface area contributed by atoms with Crippen LogP contribution in [0.2, 0.25) is 0 Å². The van der Waals surface area contributed by atoms with Crippen LogP contribution in [-0.2, 0) is 17.8 Å². The largest absolute Gasteiger partial charge is 0.381 e. The van der Waals surface area contributed by atoms with Crippen LogP contribution in [0, 0.1) is 5.41 Å². The summed E-state index contributed by atoms with van der Waals surface area (Å²) in [6, 6.07) is 0. The Kier molecular flexibility index (Phi) is 3.86. The van der Waals surface area contributed by atoms with Crippen molar-refractivity contribution < 1.29 is 4.74 Å². The molecule has 1 fully saturated rings. The molecule has 1 atom stereocenters. The lowest BCUT2D eigenvalue weighted by Crippen LogP contribution is -2.47. The molecule has 5 nitrogen and oxygen atoms in total. The first kappa shape index (κ1) is 13.1. The summed E-state index contributed by atoms with van der Waals surface area (Å²) in [5, 5.41) is 3.51. The second kappa shape index (κ2) is 5.61. The molecule has 0 amide bonds. The van der Waals surface area contributed by atoms with Gasteiger partial charge in [-0.2, -0.15) is 0 Å². The molecular weight excluding hydrogens is 240 g/mol. The highest BCUT2D eigenvalue weighted by Gasteiger charge is 2.37. The summed E-state index contributed by atoms with van der Waals surface area (Å²) in [6.45, 7) is 10.3. The van der Waals surface area contributed by atoms with Crippen LogP contribution < -0.4 is 5.32 Å². The Balaban J connectivity index is 1.63. The van der Waals surface area contributed by atoms with E-state index in [-0.39, 0.29) is 0 Å². The Morgan fingerprint density at radius 3 is 3.21 bits per heavy atom. The van der Waals surface area contributed by atoms with Crippen molar-refractivity contribution in [3.05, 3.63) is 18.2 Å². The van der Waals surface area contributed by atoms with Crippen molar-refractivity contribution in [1.29, 1.82) is 0 Å². The monoisotopic (exact) mass is 264 g/mol. The first-order chi connectivity index (χ1) is 9.31. The van der Waals surface area contributed by atoms with E-state index in [4.69, 9.17) is 4.74 Å². The molecule has 2 aliphatic rings. The van der Waals surface area contributed by atoms with E-state index in [1.54, 1.807) is 0 Å². The average Bonchev–Trinajstić information content (AvgIpc) is 3.05. The summed E-state index contributed by atoms with van der Waals surface area (Å²) in [7, 11) is 0. The van der Waals surface area contributed by atoms with E-state index < -0.39 is 0 Å². The summed E-state index contributed by atoms with van der Waals surface area (Å²) >= 11 is 0. The molecule has 0 saturated carbocycles. The number of fused-ring (bicyclic) bond motifs is 1. The number of imidazole rings is 1. The normalized spacial score (nSPS) is 27.6. The van der Waals surface area contributed by atoms with E-state index in [2.05, 4.69) is 32.9 Å². The Morgan fingerprint density at radius 2 is 2.42 bits per heavy atom. The maximum atomic E-state index is 5.67. The van der Waals surface area contributed by atoms with E-state index in [1.807, 2.05) is 6.20 Å². The van der Waals surface area contributed by atoms with Crippen LogP contribution >= 0.6 is 0 Å². The third-order valence-electron chi connectivity index (χ3n) is 4.32. The van der Waals surface area contributed by atoms with Gasteiger partial charge in [0.25, 0.3) is 0 Å². The summed E-state index contributed by atoms with van der Waals surface area (Å²) in [4.78, 5) is 6.98. The van der Waals surface area contributed by atoms with Crippen molar-refractivity contribution in [1.82, 2.24) is 19.8 Å². The Morgan fingerprint density at radius 1 is 1.47 bits per heavy atom. The van der Waals surface area contributed by atoms with Crippen LogP contribution in [0.25, 0.3) is 0 Å². The fraction of sp³-hybridized carbons (Fsp3) is 0.786. The van der Waals surface area contributed by atoms with Crippen LogP contribution in [0.15, 0.2) is 12.4 Å². The molecule has 0 spiro atoms. The van der Waals surface area contributed by atoms with Gasteiger partial charge in [-0.3, -0.25) is 4.90 Å². The van der Waals surface area contributed by atoms with Gasteiger partial charge in [-0.1, -0.05) is 6.92 Å². The number of ether oxygens (including phenoxy) is 1. The van der Waals surface area contributed by atoms with E-state index in [0.29, 0.717) is 5.41 Å². The molecular formula is C14H24N4O. The number of aromatic nitrogens is 2. The number of rotatable bonds is 5. The van der Waals surface area contributed by atoms with Crippen molar-refractivity contribution in [2.24, 2.45) is 5.41 Å². The Labute approximate surface area is 114 Å². The molecule has 1 N–H and O–H groups in total. The minimum atomic E-state index is 0.296. The predicted octanol–water partition coefficient (Wildman–Crippen LogP) is 0.715. The molecule has 1 aromatic heterocycles. The second-order valence-corrected chi connectivity index (χ2v) is 5.83. The summed E-state index contributed by atoms with van der Waals surface area (Å²) < 4.78 is 7.93. The molecule has 5 heteroatoms. The van der Waals surface area contributed by atoms with Crippen LogP contribution in [-0.4, -0.2) is 53.8 Å². The molecule has 0 aliphatic carbocycles. The van der Waals surface area contributed by atoms with Gasteiger partial charge in [0.2, 0.25) is 0 Å². The summed E-state index contributed by atoms with van der Waals surface area (Å²) in [5.74, 6) is 1.20. The van der Waals surface area contributed by atoms with Gasteiger partial charge in [0.05, 0.1) is 13.2 Å². The molecule has 0 aromatic carbocycles. The fourth-order valence-corrected chi connectivity index (χ4v) is 3.19. The van der Waals surface area contributed by atoms with E-state index in [9.17, 15) is 0 Å². The highest BCUT2D eigenvalue weighted by molar-refractivity contribution is 4.97. The molecule has 2 aliphatic heterocycles. The van der Waals surface area contributed by atoms with Crippen molar-refractivity contribution in [2.75, 3.05) is 39.4 Å².